The van der Waals surface area contributed by atoms with E-state index in [0.29, 0.717) is 0 Å². The summed E-state index contributed by atoms with van der Waals surface area (Å²) < 4.78 is 9.49. The van der Waals surface area contributed by atoms with Gasteiger partial charge in [0.1, 0.15) is 0 Å². The van der Waals surface area contributed by atoms with E-state index >= 15 is 0 Å². The van der Waals surface area contributed by atoms with Gasteiger partial charge < -0.3 is 14.7 Å². The summed E-state index contributed by atoms with van der Waals surface area (Å²) in [5, 5.41) is 8.61. The number of hydrogen-bond acceptors (Lipinski definition) is 6. The van der Waals surface area contributed by atoms with Crippen LogP contribution >= 0.6 is 0 Å². The summed E-state index contributed by atoms with van der Waals surface area (Å²) in [6, 6.07) is 0. The third kappa shape index (κ3) is 1.50. The van der Waals surface area contributed by atoms with Crippen LogP contribution in [0.5, 0.6) is 0 Å². The van der Waals surface area contributed by atoms with Crippen molar-refractivity contribution in [3.63, 3.8) is 0 Å². The molecule has 0 aromatic carbocycles. The molecular weight excluding hydrogens is 178 g/mol. The van der Waals surface area contributed by atoms with E-state index < -0.39 is 23.3 Å². The molecule has 0 amide bonds. The van der Waals surface area contributed by atoms with Crippen molar-refractivity contribution < 1.29 is 24.3 Å². The van der Waals surface area contributed by atoms with Crippen molar-refractivity contribution in [2.75, 3.05) is 0 Å². The van der Waals surface area contributed by atoms with E-state index in [2.05, 4.69) is 0 Å². The molecule has 0 spiro atoms. The Morgan fingerprint density at radius 2 is 1.54 bits per heavy atom. The highest BCUT2D eigenvalue weighted by Crippen LogP contribution is 2.25. The maximum atomic E-state index is 11.2. The van der Waals surface area contributed by atoms with Crippen molar-refractivity contribution in [1.29, 1.82) is 0 Å². The molecule has 0 bridgehead atoms. The number of carbonyl (C=O) groups excluding carboxylic acids is 2. The molecule has 2 N–H and O–H groups in total. The zero-order valence-corrected chi connectivity index (χ0v) is 7.58. The molecule has 1 rings (SSSR count). The number of carbonyl (C=O) groups is 2. The normalized spacial score (nSPS) is 24.9. The molecule has 6 nitrogen and oxygen atoms in total. The molecule has 1 heterocycles. The van der Waals surface area contributed by atoms with Crippen LogP contribution in [-0.2, 0) is 19.1 Å². The van der Waals surface area contributed by atoms with Gasteiger partial charge in [-0.25, -0.2) is 9.59 Å². The number of cyclic esters (lactones) is 2. The van der Waals surface area contributed by atoms with Crippen molar-refractivity contribution in [1.82, 2.24) is 5.48 Å². The van der Waals surface area contributed by atoms with Gasteiger partial charge >= 0.3 is 11.9 Å². The van der Waals surface area contributed by atoms with E-state index in [1.165, 1.54) is 20.8 Å². The zero-order valence-electron chi connectivity index (χ0n) is 7.58. The summed E-state index contributed by atoms with van der Waals surface area (Å²) in [5.41, 5.74) is -0.255. The van der Waals surface area contributed by atoms with Crippen molar-refractivity contribution in [3.05, 3.63) is 0 Å². The van der Waals surface area contributed by atoms with E-state index in [1.54, 1.807) is 5.48 Å². The lowest BCUT2D eigenvalue weighted by Crippen LogP contribution is -2.63. The quantitative estimate of drug-likeness (QED) is 0.330. The molecule has 0 unspecified atom stereocenters. The van der Waals surface area contributed by atoms with Gasteiger partial charge in [-0.05, 0) is 6.92 Å². The van der Waals surface area contributed by atoms with Gasteiger partial charge in [-0.1, -0.05) is 0 Å². The van der Waals surface area contributed by atoms with Crippen LogP contribution in [0.3, 0.4) is 0 Å². The maximum Gasteiger partial charge on any atom is 0.343 e. The Hall–Kier alpha value is -1.14. The van der Waals surface area contributed by atoms with Crippen molar-refractivity contribution in [2.24, 2.45) is 0 Å². The second-order valence-electron chi connectivity index (χ2n) is 3.42. The molecule has 0 saturated carbocycles. The number of nitrogens with one attached hydrogen (secondary N) is 1. The predicted molar refractivity (Wildman–Crippen MR) is 39.6 cm³/mol. The molecule has 1 fully saturated rings. The largest absolute Gasteiger partial charge is 0.421 e. The first-order chi connectivity index (χ1) is 5.82. The number of hydroxylamine groups is 1. The minimum atomic E-state index is -1.82. The van der Waals surface area contributed by atoms with Crippen LogP contribution in [0.25, 0.3) is 0 Å². The van der Waals surface area contributed by atoms with Gasteiger partial charge in [0.15, 0.2) is 0 Å². The summed E-state index contributed by atoms with van der Waals surface area (Å²) in [6.07, 6.45) is 0. The topological polar surface area (TPSA) is 84.9 Å². The second-order valence-corrected chi connectivity index (χ2v) is 3.42. The average molecular weight is 189 g/mol. The summed E-state index contributed by atoms with van der Waals surface area (Å²) >= 11 is 0. The van der Waals surface area contributed by atoms with Crippen LogP contribution in [0.15, 0.2) is 0 Å². The average Bonchev–Trinajstić information content (AvgIpc) is 1.98. The second kappa shape index (κ2) is 2.68. The van der Waals surface area contributed by atoms with Crippen molar-refractivity contribution in [2.45, 2.75) is 32.1 Å². The van der Waals surface area contributed by atoms with Gasteiger partial charge in [-0.3, -0.25) is 0 Å². The molecule has 0 radical (unpaired) electrons. The molecule has 13 heavy (non-hydrogen) atoms. The summed E-state index contributed by atoms with van der Waals surface area (Å²) in [4.78, 5) is 22.5. The van der Waals surface area contributed by atoms with Crippen LogP contribution in [0.2, 0.25) is 0 Å². The van der Waals surface area contributed by atoms with Gasteiger partial charge in [0.05, 0.1) is 0 Å². The smallest absolute Gasteiger partial charge is 0.343 e. The fourth-order valence-electron chi connectivity index (χ4n) is 0.846. The van der Waals surface area contributed by atoms with E-state index in [9.17, 15) is 9.59 Å². The first-order valence-corrected chi connectivity index (χ1v) is 3.70. The third-order valence-electron chi connectivity index (χ3n) is 1.72. The number of ether oxygens (including phenoxy) is 2. The van der Waals surface area contributed by atoms with Crippen LogP contribution in [-0.4, -0.2) is 28.5 Å². The van der Waals surface area contributed by atoms with Gasteiger partial charge in [-0.15, -0.1) is 0 Å². The van der Waals surface area contributed by atoms with E-state index in [-0.39, 0.29) is 0 Å². The minimum absolute atomic E-state index is 0.865. The number of hydrogen-bond donors (Lipinski definition) is 2. The summed E-state index contributed by atoms with van der Waals surface area (Å²) in [7, 11) is 0. The van der Waals surface area contributed by atoms with Gasteiger partial charge in [0.2, 0.25) is 5.54 Å². The monoisotopic (exact) mass is 189 g/mol. The molecule has 0 aromatic heterocycles. The molecule has 1 saturated heterocycles. The molecule has 0 aromatic rings. The highest BCUT2D eigenvalue weighted by Gasteiger charge is 2.53. The highest BCUT2D eigenvalue weighted by molar-refractivity contribution is 6.05. The first-order valence-electron chi connectivity index (χ1n) is 3.70. The fraction of sp³-hybridized carbons (Fsp3) is 0.714. The van der Waals surface area contributed by atoms with Gasteiger partial charge in [-0.2, -0.15) is 5.48 Å². The zero-order chi connectivity index (χ0) is 10.3. The van der Waals surface area contributed by atoms with Crippen LogP contribution in [0.4, 0.5) is 0 Å². The van der Waals surface area contributed by atoms with Crippen LogP contribution in [0.1, 0.15) is 20.8 Å². The lowest BCUT2D eigenvalue weighted by Gasteiger charge is -2.37. The molecule has 1 aliphatic heterocycles. The SMILES string of the molecule is CC1(C)OC(=O)C(C)(NO)C(=O)O1. The molecule has 74 valence electrons. The fourth-order valence-corrected chi connectivity index (χ4v) is 0.846. The first kappa shape index (κ1) is 9.94. The Morgan fingerprint density at radius 3 is 1.85 bits per heavy atom. The Labute approximate surface area is 74.8 Å². The molecular formula is C7H11NO5. The molecule has 6 heteroatoms. The lowest BCUT2D eigenvalue weighted by molar-refractivity contribution is -0.248. The van der Waals surface area contributed by atoms with E-state index in [1.807, 2.05) is 0 Å². The Balaban J connectivity index is 2.96. The van der Waals surface area contributed by atoms with Gasteiger partial charge in [0, 0.05) is 13.8 Å². The minimum Gasteiger partial charge on any atom is -0.421 e. The predicted octanol–water partition coefficient (Wildman–Crippen LogP) is -0.440. The van der Waals surface area contributed by atoms with E-state index in [4.69, 9.17) is 14.7 Å². The van der Waals surface area contributed by atoms with Gasteiger partial charge in [0.25, 0.3) is 5.79 Å². The standard InChI is InChI=1S/C7H11NO5/c1-6(2)12-4(9)7(3,8-11)5(10)13-6/h8,11H,1-3H3. The molecule has 1 aliphatic rings. The Morgan fingerprint density at radius 1 is 1.15 bits per heavy atom. The summed E-state index contributed by atoms with van der Waals surface area (Å²) in [5.74, 6) is -3.00. The number of esters is 2. The number of rotatable bonds is 1. The lowest BCUT2D eigenvalue weighted by atomic mass is 10.0. The maximum absolute atomic E-state index is 11.2. The van der Waals surface area contributed by atoms with Crippen LogP contribution < -0.4 is 5.48 Å². The summed E-state index contributed by atoms with van der Waals surface area (Å²) in [6.45, 7) is 4.03. The highest BCUT2D eigenvalue weighted by atomic mass is 16.7. The van der Waals surface area contributed by atoms with Crippen LogP contribution in [0, 0.1) is 0 Å². The molecule has 0 atom stereocenters. The third-order valence-corrected chi connectivity index (χ3v) is 1.72. The molecule has 0 aliphatic carbocycles. The van der Waals surface area contributed by atoms with E-state index in [0.717, 1.165) is 0 Å². The van der Waals surface area contributed by atoms with Crippen molar-refractivity contribution >= 4 is 11.9 Å². The Kier molecular flexibility index (Phi) is 2.05. The Bertz CT molecular complexity index is 240. The van der Waals surface area contributed by atoms with Crippen molar-refractivity contribution in [3.8, 4) is 0 Å².